The van der Waals surface area contributed by atoms with Crippen LogP contribution in [0.15, 0.2) is 24.3 Å². The lowest BCUT2D eigenvalue weighted by Crippen LogP contribution is -2.32. The Balaban J connectivity index is 2.18. The highest BCUT2D eigenvalue weighted by Crippen LogP contribution is 2.29. The molecule has 1 aliphatic rings. The first kappa shape index (κ1) is 16.0. The predicted molar refractivity (Wildman–Crippen MR) is 84.8 cm³/mol. The summed E-state index contributed by atoms with van der Waals surface area (Å²) in [7, 11) is 0. The Morgan fingerprint density at radius 2 is 2.14 bits per heavy atom. The lowest BCUT2D eigenvalue weighted by atomic mass is 9.83. The Morgan fingerprint density at radius 1 is 1.43 bits per heavy atom. The molecule has 1 fully saturated rings. The number of benzene rings is 1. The molecule has 0 aromatic heterocycles. The van der Waals surface area contributed by atoms with Gasteiger partial charge in [-0.25, -0.2) is 0 Å². The van der Waals surface area contributed by atoms with Gasteiger partial charge in [0.1, 0.15) is 0 Å². The first-order valence-corrected chi connectivity index (χ1v) is 7.86. The van der Waals surface area contributed by atoms with Crippen LogP contribution in [0.3, 0.4) is 0 Å². The first-order chi connectivity index (χ1) is 9.94. The van der Waals surface area contributed by atoms with Gasteiger partial charge < -0.3 is 5.11 Å². The topological polar surface area (TPSA) is 47.3 Å². The van der Waals surface area contributed by atoms with E-state index in [-0.39, 0.29) is 6.10 Å². The van der Waals surface area contributed by atoms with Crippen LogP contribution >= 0.6 is 0 Å². The molecule has 2 rings (SSSR count). The maximum absolute atomic E-state index is 9.65. The van der Waals surface area contributed by atoms with E-state index in [4.69, 9.17) is 0 Å². The third-order valence-electron chi connectivity index (χ3n) is 4.46. The number of hydrogen-bond donors (Lipinski definition) is 1. The Hall–Kier alpha value is -1.37. The van der Waals surface area contributed by atoms with Gasteiger partial charge in [-0.3, -0.25) is 4.90 Å². The van der Waals surface area contributed by atoms with Crippen molar-refractivity contribution in [1.29, 1.82) is 5.26 Å². The Kier molecular flexibility index (Phi) is 5.03. The zero-order chi connectivity index (χ0) is 15.5. The van der Waals surface area contributed by atoms with Crippen molar-refractivity contribution in [2.24, 2.45) is 0 Å². The van der Waals surface area contributed by atoms with E-state index in [1.807, 2.05) is 32.9 Å². The van der Waals surface area contributed by atoms with Crippen molar-refractivity contribution in [1.82, 2.24) is 4.90 Å². The molecule has 1 aromatic carbocycles. The molecule has 1 saturated heterocycles. The van der Waals surface area contributed by atoms with Gasteiger partial charge in [0.25, 0.3) is 0 Å². The summed E-state index contributed by atoms with van der Waals surface area (Å²) in [5.41, 5.74) is 1.90. The van der Waals surface area contributed by atoms with Crippen molar-refractivity contribution in [2.45, 2.75) is 64.1 Å². The van der Waals surface area contributed by atoms with Gasteiger partial charge in [0, 0.05) is 12.6 Å². The van der Waals surface area contributed by atoms with Gasteiger partial charge in [-0.15, -0.1) is 0 Å². The molecule has 3 heteroatoms. The van der Waals surface area contributed by atoms with Crippen molar-refractivity contribution in [3.05, 3.63) is 35.4 Å². The molecule has 21 heavy (non-hydrogen) atoms. The molecule has 1 aromatic rings. The minimum atomic E-state index is -0.462. The molecular weight excluding hydrogens is 260 g/mol. The summed E-state index contributed by atoms with van der Waals surface area (Å²) in [4.78, 5) is 2.46. The average Bonchev–Trinajstić information content (AvgIpc) is 2.86. The van der Waals surface area contributed by atoms with Crippen LogP contribution in [-0.4, -0.2) is 28.7 Å². The third-order valence-corrected chi connectivity index (χ3v) is 4.46. The molecule has 0 amide bonds. The molecule has 1 heterocycles. The summed E-state index contributed by atoms with van der Waals surface area (Å²) in [6.07, 6.45) is 2.95. The number of likely N-dealkylation sites (tertiary alicyclic amines) is 1. The second kappa shape index (κ2) is 6.60. The maximum atomic E-state index is 9.65. The van der Waals surface area contributed by atoms with Crippen LogP contribution in [-0.2, 0) is 12.0 Å². The molecule has 0 bridgehead atoms. The van der Waals surface area contributed by atoms with Crippen LogP contribution in [0.25, 0.3) is 0 Å². The molecule has 0 spiro atoms. The number of aliphatic hydroxyl groups excluding tert-OH is 1. The van der Waals surface area contributed by atoms with E-state index in [1.165, 1.54) is 12.0 Å². The van der Waals surface area contributed by atoms with E-state index < -0.39 is 5.41 Å². The standard InChI is InChI=1S/C18H26N2O/c1-14(21)11-16-8-6-10-20(16)12-15-7-4-5-9-17(15)18(2,3)13-19/h4-5,7,9,14,16,21H,6,8,10-12H2,1-3H3. The molecule has 114 valence electrons. The van der Waals surface area contributed by atoms with Crippen LogP contribution in [0, 0.1) is 11.3 Å². The van der Waals surface area contributed by atoms with E-state index in [2.05, 4.69) is 23.1 Å². The molecule has 0 saturated carbocycles. The fraction of sp³-hybridized carbons (Fsp3) is 0.611. The summed E-state index contributed by atoms with van der Waals surface area (Å²) in [5.74, 6) is 0. The average molecular weight is 286 g/mol. The van der Waals surface area contributed by atoms with E-state index >= 15 is 0 Å². The largest absolute Gasteiger partial charge is 0.393 e. The molecule has 2 atom stereocenters. The van der Waals surface area contributed by atoms with Crippen molar-refractivity contribution in [2.75, 3.05) is 6.54 Å². The highest BCUT2D eigenvalue weighted by Gasteiger charge is 2.28. The predicted octanol–water partition coefficient (Wildman–Crippen LogP) is 3.22. The molecule has 2 unspecified atom stereocenters. The second-order valence-corrected chi connectivity index (χ2v) is 6.75. The minimum Gasteiger partial charge on any atom is -0.393 e. The van der Waals surface area contributed by atoms with Crippen LogP contribution in [0.5, 0.6) is 0 Å². The first-order valence-electron chi connectivity index (χ1n) is 7.86. The fourth-order valence-corrected chi connectivity index (χ4v) is 3.31. The van der Waals surface area contributed by atoms with Crippen molar-refractivity contribution in [3.8, 4) is 6.07 Å². The van der Waals surface area contributed by atoms with Gasteiger partial charge >= 0.3 is 0 Å². The fourth-order valence-electron chi connectivity index (χ4n) is 3.31. The van der Waals surface area contributed by atoms with Crippen molar-refractivity contribution >= 4 is 0 Å². The van der Waals surface area contributed by atoms with Crippen LogP contribution in [0.2, 0.25) is 0 Å². The minimum absolute atomic E-state index is 0.249. The van der Waals surface area contributed by atoms with Gasteiger partial charge in [0.05, 0.1) is 17.6 Å². The van der Waals surface area contributed by atoms with E-state index in [1.54, 1.807) is 0 Å². The number of nitriles is 1. The summed E-state index contributed by atoms with van der Waals surface area (Å²) in [6.45, 7) is 7.77. The van der Waals surface area contributed by atoms with E-state index in [0.29, 0.717) is 6.04 Å². The van der Waals surface area contributed by atoms with Crippen molar-refractivity contribution < 1.29 is 5.11 Å². The number of nitrogens with zero attached hydrogens (tertiary/aromatic N) is 2. The van der Waals surface area contributed by atoms with Gasteiger partial charge in [-0.05, 0) is 57.7 Å². The monoisotopic (exact) mass is 286 g/mol. The summed E-state index contributed by atoms with van der Waals surface area (Å²) < 4.78 is 0. The zero-order valence-corrected chi connectivity index (χ0v) is 13.3. The molecule has 0 radical (unpaired) electrons. The van der Waals surface area contributed by atoms with E-state index in [9.17, 15) is 10.4 Å². The summed E-state index contributed by atoms with van der Waals surface area (Å²) in [6, 6.07) is 11.1. The lowest BCUT2D eigenvalue weighted by molar-refractivity contribution is 0.130. The smallest absolute Gasteiger partial charge is 0.0769 e. The third kappa shape index (κ3) is 3.84. The molecular formula is C18H26N2O. The van der Waals surface area contributed by atoms with Crippen LogP contribution in [0.1, 0.15) is 51.2 Å². The molecule has 3 nitrogen and oxygen atoms in total. The summed E-state index contributed by atoms with van der Waals surface area (Å²) >= 11 is 0. The zero-order valence-electron chi connectivity index (χ0n) is 13.3. The molecule has 1 N–H and O–H groups in total. The van der Waals surface area contributed by atoms with Crippen molar-refractivity contribution in [3.63, 3.8) is 0 Å². The van der Waals surface area contributed by atoms with Gasteiger partial charge in [-0.2, -0.15) is 5.26 Å². The summed E-state index contributed by atoms with van der Waals surface area (Å²) in [5, 5.41) is 19.1. The number of hydrogen-bond acceptors (Lipinski definition) is 3. The number of rotatable bonds is 5. The maximum Gasteiger partial charge on any atom is 0.0769 e. The van der Waals surface area contributed by atoms with Gasteiger partial charge in [0.15, 0.2) is 0 Å². The Morgan fingerprint density at radius 3 is 2.81 bits per heavy atom. The quantitative estimate of drug-likeness (QED) is 0.904. The highest BCUT2D eigenvalue weighted by molar-refractivity contribution is 5.37. The number of aliphatic hydroxyl groups is 1. The van der Waals surface area contributed by atoms with Gasteiger partial charge in [-0.1, -0.05) is 24.3 Å². The molecule has 1 aliphatic heterocycles. The second-order valence-electron chi connectivity index (χ2n) is 6.75. The highest BCUT2D eigenvalue weighted by atomic mass is 16.3. The normalized spacial score (nSPS) is 21.2. The Bertz CT molecular complexity index is 516. The van der Waals surface area contributed by atoms with Crippen LogP contribution < -0.4 is 0 Å². The molecule has 0 aliphatic carbocycles. The lowest BCUT2D eigenvalue weighted by Gasteiger charge is -2.28. The van der Waals surface area contributed by atoms with Crippen LogP contribution in [0.4, 0.5) is 0 Å². The van der Waals surface area contributed by atoms with E-state index in [0.717, 1.165) is 31.5 Å². The van der Waals surface area contributed by atoms with Gasteiger partial charge in [0.2, 0.25) is 0 Å². The Labute approximate surface area is 128 Å². The SMILES string of the molecule is CC(O)CC1CCCN1Cc1ccccc1C(C)(C)C#N.